The molecule has 5 N–H and O–H groups in total. The molecule has 0 fully saturated rings. The molecule has 11 nitrogen and oxygen atoms in total. The normalized spacial score (nSPS) is 17.8. The molecule has 2 rings (SSSR count). The van der Waals surface area contributed by atoms with Gasteiger partial charge in [-0.1, -0.05) is 18.2 Å². The summed E-state index contributed by atoms with van der Waals surface area (Å²) in [6.45, 7) is -0.978. The predicted molar refractivity (Wildman–Crippen MR) is 94.3 cm³/mol. The predicted octanol–water partition coefficient (Wildman–Crippen LogP) is 1.43. The van der Waals surface area contributed by atoms with Gasteiger partial charge in [-0.2, -0.15) is 4.79 Å². The summed E-state index contributed by atoms with van der Waals surface area (Å²) in [7, 11) is -9.49. The van der Waals surface area contributed by atoms with Crippen molar-refractivity contribution in [3.05, 3.63) is 59.3 Å². The molecule has 1 unspecified atom stereocenters. The summed E-state index contributed by atoms with van der Waals surface area (Å²) in [5, 5.41) is 3.01. The molecule has 0 spiro atoms. The average molecular weight is 417 g/mol. The first-order chi connectivity index (χ1) is 12.6. The van der Waals surface area contributed by atoms with Crippen LogP contribution in [0.1, 0.15) is 0 Å². The average Bonchev–Trinajstić information content (AvgIpc) is 2.58. The van der Waals surface area contributed by atoms with Gasteiger partial charge in [-0.15, -0.1) is 0 Å². The van der Waals surface area contributed by atoms with Crippen LogP contribution in [0.25, 0.3) is 5.53 Å². The van der Waals surface area contributed by atoms with Crippen molar-refractivity contribution in [2.24, 2.45) is 5.92 Å². The number of anilines is 1. The molecule has 146 valence electrons. The molecule has 1 atom stereocenters. The lowest BCUT2D eigenvalue weighted by Crippen LogP contribution is -2.25. The zero-order chi connectivity index (χ0) is 20.1. The number of allylic oxidation sites excluding steroid dienone is 1. The fraction of sp³-hybridized carbons (Fsp3) is 0.214. The Morgan fingerprint density at radius 2 is 1.70 bits per heavy atom. The van der Waals surface area contributed by atoms with Crippen LogP contribution in [0.5, 0.6) is 0 Å². The maximum absolute atomic E-state index is 11.0. The van der Waals surface area contributed by atoms with Crippen molar-refractivity contribution in [1.29, 1.82) is 0 Å². The highest BCUT2D eigenvalue weighted by Gasteiger charge is 2.31. The minimum atomic E-state index is -4.75. The van der Waals surface area contributed by atoms with Gasteiger partial charge in [0.2, 0.25) is 0 Å². The van der Waals surface area contributed by atoms with Gasteiger partial charge in [-0.05, 0) is 18.2 Å². The first-order valence-electron chi connectivity index (χ1n) is 7.44. The summed E-state index contributed by atoms with van der Waals surface area (Å²) < 4.78 is 30.9. The van der Waals surface area contributed by atoms with E-state index in [0.717, 1.165) is 0 Å². The molecule has 27 heavy (non-hydrogen) atoms. The fourth-order valence-corrected chi connectivity index (χ4v) is 2.90. The zero-order valence-corrected chi connectivity index (χ0v) is 15.5. The second kappa shape index (κ2) is 8.86. The molecule has 1 aromatic rings. The molecule has 0 saturated carbocycles. The Morgan fingerprint density at radius 1 is 1.07 bits per heavy atom. The van der Waals surface area contributed by atoms with Crippen LogP contribution in [0.3, 0.4) is 0 Å². The molecule has 0 radical (unpaired) electrons. The number of benzene rings is 1. The van der Waals surface area contributed by atoms with Crippen LogP contribution in [0, 0.1) is 5.92 Å². The van der Waals surface area contributed by atoms with Gasteiger partial charge in [0, 0.05) is 23.0 Å². The Bertz CT molecular complexity index is 883. The van der Waals surface area contributed by atoms with Gasteiger partial charge >= 0.3 is 21.4 Å². The lowest BCUT2D eigenvalue weighted by molar-refractivity contribution is -0.0111. The second-order valence-electron chi connectivity index (χ2n) is 5.42. The van der Waals surface area contributed by atoms with E-state index >= 15 is 0 Å². The molecule has 1 aliphatic carbocycles. The second-order valence-corrected chi connectivity index (χ2v) is 7.90. The van der Waals surface area contributed by atoms with Gasteiger partial charge in [-0.25, -0.2) is 9.13 Å². The van der Waals surface area contributed by atoms with Crippen molar-refractivity contribution in [2.45, 2.75) is 0 Å². The standard InChI is InChI=1S/C14H17N3O8P2/c15-17-14-7-10(8-24-26(18,19)20)13(16-12-4-2-1-3-5-12)6-11(14)9-25-27(21,22)23/h1-7,11,16H,8-9H2,(H2,18,19,20)(H2,21,22,23). The third-order valence-electron chi connectivity index (χ3n) is 3.39. The van der Waals surface area contributed by atoms with Gasteiger partial charge in [0.15, 0.2) is 0 Å². The van der Waals surface area contributed by atoms with Crippen LogP contribution in [-0.2, 0) is 18.2 Å². The minimum absolute atomic E-state index is 0.0219. The molecule has 1 aliphatic rings. The van der Waals surface area contributed by atoms with E-state index in [1.807, 2.05) is 0 Å². The number of hydrogen-bond acceptors (Lipinski definition) is 5. The van der Waals surface area contributed by atoms with Crippen LogP contribution in [-0.4, -0.2) is 43.3 Å². The molecular weight excluding hydrogens is 400 g/mol. The summed E-state index contributed by atoms with van der Waals surface area (Å²) in [4.78, 5) is 38.6. The van der Waals surface area contributed by atoms with Gasteiger partial charge in [0.25, 0.3) is 0 Å². The quantitative estimate of drug-likeness (QED) is 0.237. The van der Waals surface area contributed by atoms with Gasteiger partial charge in [0.1, 0.15) is 5.92 Å². The van der Waals surface area contributed by atoms with Gasteiger partial charge < -0.3 is 30.4 Å². The van der Waals surface area contributed by atoms with Crippen LogP contribution < -0.4 is 5.32 Å². The monoisotopic (exact) mass is 417 g/mol. The number of rotatable bonds is 8. The molecule has 0 heterocycles. The summed E-state index contributed by atoms with van der Waals surface area (Å²) in [5.41, 5.74) is 10.4. The Kier molecular flexibility index (Phi) is 7.02. The maximum Gasteiger partial charge on any atom is 0.469 e. The molecule has 0 aromatic heterocycles. The van der Waals surface area contributed by atoms with E-state index in [4.69, 9.17) is 25.1 Å². The third-order valence-corrected chi connectivity index (χ3v) is 4.35. The lowest BCUT2D eigenvalue weighted by Gasteiger charge is -2.21. The van der Waals surface area contributed by atoms with E-state index in [9.17, 15) is 9.13 Å². The molecular formula is C14H17N3O8P2. The van der Waals surface area contributed by atoms with Crippen molar-refractivity contribution in [3.8, 4) is 0 Å². The molecule has 13 heteroatoms. The lowest BCUT2D eigenvalue weighted by atomic mass is 9.93. The van der Waals surface area contributed by atoms with E-state index in [-0.39, 0.29) is 11.3 Å². The Hall–Kier alpha value is -1.90. The van der Waals surface area contributed by atoms with Crippen LogP contribution in [0.2, 0.25) is 0 Å². The number of hydrogen-bond donors (Lipinski definition) is 5. The first kappa shape index (κ1) is 21.4. The first-order valence-corrected chi connectivity index (χ1v) is 10.5. The topological polar surface area (TPSA) is 182 Å². The van der Waals surface area contributed by atoms with Crippen LogP contribution in [0.15, 0.2) is 53.8 Å². The number of nitrogens with zero attached hydrogens (tertiary/aromatic N) is 2. The Balaban J connectivity index is 2.31. The Labute approximate surface area is 154 Å². The largest absolute Gasteiger partial charge is 0.469 e. The zero-order valence-electron chi connectivity index (χ0n) is 13.7. The van der Waals surface area contributed by atoms with Crippen molar-refractivity contribution in [1.82, 2.24) is 0 Å². The smallest absolute Gasteiger partial charge is 0.361 e. The van der Waals surface area contributed by atoms with Gasteiger partial charge in [0.05, 0.1) is 13.2 Å². The van der Waals surface area contributed by atoms with Crippen LogP contribution >= 0.6 is 15.6 Å². The van der Waals surface area contributed by atoms with E-state index in [1.54, 1.807) is 30.3 Å². The van der Waals surface area contributed by atoms with Crippen LogP contribution in [0.4, 0.5) is 5.69 Å². The van der Waals surface area contributed by atoms with Crippen molar-refractivity contribution in [2.75, 3.05) is 18.5 Å². The highest BCUT2D eigenvalue weighted by Crippen LogP contribution is 2.39. The highest BCUT2D eigenvalue weighted by atomic mass is 31.2. The minimum Gasteiger partial charge on any atom is -0.361 e. The summed E-state index contributed by atoms with van der Waals surface area (Å²) in [6.07, 6.45) is 2.74. The third kappa shape index (κ3) is 7.32. The van der Waals surface area contributed by atoms with E-state index in [0.29, 0.717) is 11.4 Å². The van der Waals surface area contributed by atoms with Crippen molar-refractivity contribution >= 4 is 27.0 Å². The highest BCUT2D eigenvalue weighted by molar-refractivity contribution is 7.46. The van der Waals surface area contributed by atoms with Crippen molar-refractivity contribution < 1.29 is 42.5 Å². The maximum atomic E-state index is 11.0. The van der Waals surface area contributed by atoms with E-state index < -0.39 is 34.8 Å². The van der Waals surface area contributed by atoms with Crippen molar-refractivity contribution in [3.63, 3.8) is 0 Å². The van der Waals surface area contributed by atoms with E-state index in [1.165, 1.54) is 12.2 Å². The fourth-order valence-electron chi connectivity index (χ4n) is 2.24. The van der Waals surface area contributed by atoms with Gasteiger partial charge in [-0.3, -0.25) is 9.05 Å². The Morgan fingerprint density at radius 3 is 2.26 bits per heavy atom. The SMILES string of the molecule is [N-]=[N+]=C1C=C(COP(=O)(O)O)C(Nc2ccccc2)=CC1COP(=O)(O)O. The summed E-state index contributed by atoms with van der Waals surface area (Å²) in [5.74, 6) is -0.826. The number of para-hydroxylation sites is 1. The summed E-state index contributed by atoms with van der Waals surface area (Å²) in [6, 6.07) is 8.78. The molecule has 0 saturated heterocycles. The molecule has 0 aliphatic heterocycles. The summed E-state index contributed by atoms with van der Waals surface area (Å²) >= 11 is 0. The molecule has 0 bridgehead atoms. The van der Waals surface area contributed by atoms with E-state index in [2.05, 4.69) is 19.2 Å². The number of phosphoric acid groups is 2. The molecule has 0 amide bonds. The number of nitrogens with one attached hydrogen (secondary N) is 1. The number of phosphoric ester groups is 2. The molecule has 1 aromatic carbocycles.